The first-order valence-electron chi connectivity index (χ1n) is 7.80. The van der Waals surface area contributed by atoms with Crippen LogP contribution in [0, 0.1) is 0 Å². The molecule has 0 aliphatic rings. The minimum absolute atomic E-state index is 0.393. The van der Waals surface area contributed by atoms with Crippen molar-refractivity contribution in [3.05, 3.63) is 54.0 Å². The molecule has 160 valence electrons. The second kappa shape index (κ2) is 7.27. The summed E-state index contributed by atoms with van der Waals surface area (Å²) in [4.78, 5) is 6.81. The number of ether oxygens (including phenoxy) is 1. The molecule has 0 spiro atoms. The average Bonchev–Trinajstić information content (AvgIpc) is 3.11. The third kappa shape index (κ3) is 4.69. The van der Waals surface area contributed by atoms with Gasteiger partial charge in [0.1, 0.15) is 10.6 Å². The summed E-state index contributed by atoms with van der Waals surface area (Å²) in [5, 5.41) is 3.25. The van der Waals surface area contributed by atoms with E-state index in [0.29, 0.717) is 16.8 Å². The molecule has 7 nitrogen and oxygen atoms in total. The van der Waals surface area contributed by atoms with Crippen LogP contribution in [0.3, 0.4) is 0 Å². The smallest absolute Gasteiger partial charge is 0.435 e. The van der Waals surface area contributed by atoms with Gasteiger partial charge in [0.2, 0.25) is 5.88 Å². The van der Waals surface area contributed by atoms with E-state index in [1.54, 1.807) is 0 Å². The van der Waals surface area contributed by atoms with Crippen molar-refractivity contribution in [2.75, 3.05) is 6.26 Å². The van der Waals surface area contributed by atoms with Crippen LogP contribution in [0.25, 0.3) is 5.95 Å². The number of alkyl halides is 6. The van der Waals surface area contributed by atoms with Crippen LogP contribution < -0.4 is 4.74 Å². The van der Waals surface area contributed by atoms with E-state index in [1.165, 1.54) is 0 Å². The van der Waals surface area contributed by atoms with Crippen molar-refractivity contribution in [1.82, 2.24) is 19.7 Å². The molecule has 0 N–H and O–H groups in total. The Bertz CT molecular complexity index is 1190. The standard InChI is InChI=1S/C16H10F6N4O3S/c1-30(27,28)11-8-23-14(26-6-5-12(25-26)16(20,21)22)24-13(11)29-10-4-2-3-9(7-10)15(17,18)19/h2-8H,1H3. The van der Waals surface area contributed by atoms with Gasteiger partial charge in [0.25, 0.3) is 5.95 Å². The zero-order valence-corrected chi connectivity index (χ0v) is 15.5. The van der Waals surface area contributed by atoms with Crippen LogP contribution in [0.4, 0.5) is 26.3 Å². The predicted molar refractivity (Wildman–Crippen MR) is 88.8 cm³/mol. The Labute approximate surface area is 164 Å². The molecular weight excluding hydrogens is 442 g/mol. The van der Waals surface area contributed by atoms with Crippen molar-refractivity contribution in [3.63, 3.8) is 0 Å². The summed E-state index contributed by atoms with van der Waals surface area (Å²) >= 11 is 0. The number of rotatable bonds is 4. The number of hydrogen-bond acceptors (Lipinski definition) is 6. The fraction of sp³-hybridized carbons (Fsp3) is 0.188. The SMILES string of the molecule is CS(=O)(=O)c1cnc(-n2ccc(C(F)(F)F)n2)nc1Oc1cccc(C(F)(F)F)c1. The summed E-state index contributed by atoms with van der Waals surface area (Å²) in [6.07, 6.45) is -7.00. The Morgan fingerprint density at radius 3 is 2.30 bits per heavy atom. The molecule has 3 rings (SSSR count). The number of nitrogens with zero attached hydrogens (tertiary/aromatic N) is 4. The van der Waals surface area contributed by atoms with Gasteiger partial charge >= 0.3 is 12.4 Å². The zero-order valence-electron chi connectivity index (χ0n) is 14.7. The van der Waals surface area contributed by atoms with E-state index < -0.39 is 55.9 Å². The summed E-state index contributed by atoms with van der Waals surface area (Å²) in [6.45, 7) is 0. The molecule has 2 heterocycles. The van der Waals surface area contributed by atoms with Crippen molar-refractivity contribution in [3.8, 4) is 17.6 Å². The largest absolute Gasteiger partial charge is 0.437 e. The minimum atomic E-state index is -4.74. The fourth-order valence-corrected chi connectivity index (χ4v) is 2.87. The molecule has 0 fully saturated rings. The van der Waals surface area contributed by atoms with E-state index in [1.807, 2.05) is 0 Å². The first-order valence-corrected chi connectivity index (χ1v) is 9.70. The van der Waals surface area contributed by atoms with Crippen LogP contribution in [-0.4, -0.2) is 34.4 Å². The molecule has 0 amide bonds. The summed E-state index contributed by atoms with van der Waals surface area (Å²) in [5.41, 5.74) is -2.31. The van der Waals surface area contributed by atoms with E-state index in [-0.39, 0.29) is 0 Å². The quantitative estimate of drug-likeness (QED) is 0.559. The van der Waals surface area contributed by atoms with Gasteiger partial charge in [0.15, 0.2) is 15.5 Å². The molecule has 3 aromatic rings. The lowest BCUT2D eigenvalue weighted by Gasteiger charge is -2.12. The van der Waals surface area contributed by atoms with Crippen LogP contribution in [0.2, 0.25) is 0 Å². The van der Waals surface area contributed by atoms with Crippen LogP contribution in [0.1, 0.15) is 11.3 Å². The van der Waals surface area contributed by atoms with Gasteiger partial charge in [0, 0.05) is 12.5 Å². The molecule has 0 aliphatic heterocycles. The molecule has 0 bridgehead atoms. The maximum absolute atomic E-state index is 12.9. The molecular formula is C16H10F6N4O3S. The summed E-state index contributed by atoms with van der Waals surface area (Å²) < 4.78 is 107. The van der Waals surface area contributed by atoms with E-state index in [9.17, 15) is 34.8 Å². The number of aromatic nitrogens is 4. The lowest BCUT2D eigenvalue weighted by Crippen LogP contribution is -2.11. The van der Waals surface area contributed by atoms with Crippen LogP contribution in [0.5, 0.6) is 11.6 Å². The summed E-state index contributed by atoms with van der Waals surface area (Å²) in [6, 6.07) is 4.19. The topological polar surface area (TPSA) is 87.0 Å². The number of benzene rings is 1. The monoisotopic (exact) mass is 452 g/mol. The highest BCUT2D eigenvalue weighted by atomic mass is 32.2. The van der Waals surface area contributed by atoms with Crippen molar-refractivity contribution >= 4 is 9.84 Å². The van der Waals surface area contributed by atoms with Crippen LogP contribution in [0.15, 0.2) is 47.6 Å². The molecule has 30 heavy (non-hydrogen) atoms. The highest BCUT2D eigenvalue weighted by Crippen LogP contribution is 2.34. The van der Waals surface area contributed by atoms with E-state index in [2.05, 4.69) is 15.1 Å². The van der Waals surface area contributed by atoms with Crippen LogP contribution >= 0.6 is 0 Å². The van der Waals surface area contributed by atoms with Gasteiger partial charge in [-0.25, -0.2) is 18.1 Å². The Kier molecular flexibility index (Phi) is 5.22. The number of sulfone groups is 1. The van der Waals surface area contributed by atoms with Crippen molar-refractivity contribution in [2.45, 2.75) is 17.2 Å². The van der Waals surface area contributed by atoms with Gasteiger partial charge in [0.05, 0.1) is 11.8 Å². The third-order valence-corrected chi connectivity index (χ3v) is 4.65. The van der Waals surface area contributed by atoms with Crippen molar-refractivity contribution < 1.29 is 39.5 Å². The lowest BCUT2D eigenvalue weighted by atomic mass is 10.2. The molecule has 0 saturated carbocycles. The Hall–Kier alpha value is -3.16. The third-order valence-electron chi connectivity index (χ3n) is 3.57. The van der Waals surface area contributed by atoms with E-state index in [0.717, 1.165) is 36.8 Å². The Morgan fingerprint density at radius 2 is 1.73 bits per heavy atom. The first-order chi connectivity index (χ1) is 13.7. The highest BCUT2D eigenvalue weighted by Gasteiger charge is 2.34. The Morgan fingerprint density at radius 1 is 1.03 bits per heavy atom. The molecule has 14 heteroatoms. The predicted octanol–water partition coefficient (Wildman–Crippen LogP) is 3.90. The normalized spacial score (nSPS) is 12.8. The highest BCUT2D eigenvalue weighted by molar-refractivity contribution is 7.90. The van der Waals surface area contributed by atoms with Gasteiger partial charge in [-0.15, -0.1) is 0 Å². The van der Waals surface area contributed by atoms with Crippen molar-refractivity contribution in [1.29, 1.82) is 0 Å². The molecule has 0 unspecified atom stereocenters. The maximum Gasteiger partial charge on any atom is 0.435 e. The molecule has 1 aromatic carbocycles. The summed E-state index contributed by atoms with van der Waals surface area (Å²) in [7, 11) is -3.99. The maximum atomic E-state index is 12.9. The lowest BCUT2D eigenvalue weighted by molar-refractivity contribution is -0.141. The molecule has 0 radical (unpaired) electrons. The first kappa shape index (κ1) is 21.5. The fourth-order valence-electron chi connectivity index (χ4n) is 2.22. The van der Waals surface area contributed by atoms with Gasteiger partial charge in [-0.3, -0.25) is 0 Å². The number of hydrogen-bond donors (Lipinski definition) is 0. The minimum Gasteiger partial charge on any atom is -0.437 e. The summed E-state index contributed by atoms with van der Waals surface area (Å²) in [5.74, 6) is -1.55. The van der Waals surface area contributed by atoms with E-state index >= 15 is 0 Å². The molecule has 0 aliphatic carbocycles. The van der Waals surface area contributed by atoms with Gasteiger partial charge in [-0.05, 0) is 24.3 Å². The molecule has 0 atom stereocenters. The van der Waals surface area contributed by atoms with E-state index in [4.69, 9.17) is 4.74 Å². The van der Waals surface area contributed by atoms with Crippen LogP contribution in [-0.2, 0) is 22.2 Å². The van der Waals surface area contributed by atoms with Gasteiger partial charge in [-0.2, -0.15) is 36.4 Å². The number of halogens is 6. The average molecular weight is 452 g/mol. The zero-order chi connectivity index (χ0) is 22.3. The second-order valence-corrected chi connectivity index (χ2v) is 7.87. The van der Waals surface area contributed by atoms with Gasteiger partial charge < -0.3 is 4.74 Å². The molecule has 2 aromatic heterocycles. The Balaban J connectivity index is 2.06. The van der Waals surface area contributed by atoms with Gasteiger partial charge in [-0.1, -0.05) is 6.07 Å². The molecule has 0 saturated heterocycles. The second-order valence-electron chi connectivity index (χ2n) is 5.88. The van der Waals surface area contributed by atoms with Crippen molar-refractivity contribution in [2.24, 2.45) is 0 Å².